The number of benzene rings is 1. The summed E-state index contributed by atoms with van der Waals surface area (Å²) in [4.78, 5) is 2.26. The van der Waals surface area contributed by atoms with Crippen molar-refractivity contribution in [2.24, 2.45) is 0 Å². The zero-order valence-electron chi connectivity index (χ0n) is 13.7. The van der Waals surface area contributed by atoms with Crippen LogP contribution in [0, 0.1) is 5.82 Å². The topological polar surface area (TPSA) is 45.8 Å². The SMILES string of the molecule is OC(COCc1ccco1)CN1CCC(c2ccc(F)cc2)CC1. The molecule has 0 saturated carbocycles. The van der Waals surface area contributed by atoms with E-state index in [2.05, 4.69) is 4.90 Å². The van der Waals surface area contributed by atoms with Crippen molar-refractivity contribution >= 4 is 0 Å². The number of hydrogen-bond acceptors (Lipinski definition) is 4. The van der Waals surface area contributed by atoms with Crippen LogP contribution < -0.4 is 0 Å². The lowest BCUT2D eigenvalue weighted by molar-refractivity contribution is 0.00174. The number of furan rings is 1. The normalized spacial score (nSPS) is 17.9. The number of hydrogen-bond donors (Lipinski definition) is 1. The van der Waals surface area contributed by atoms with Crippen LogP contribution in [-0.4, -0.2) is 42.4 Å². The van der Waals surface area contributed by atoms with Gasteiger partial charge in [0.1, 0.15) is 18.2 Å². The number of aliphatic hydroxyl groups is 1. The third-order valence-electron chi connectivity index (χ3n) is 4.53. The summed E-state index contributed by atoms with van der Waals surface area (Å²) in [5, 5.41) is 10.1. The van der Waals surface area contributed by atoms with Crippen LogP contribution in [0.2, 0.25) is 0 Å². The van der Waals surface area contributed by atoms with Crippen molar-refractivity contribution in [3.8, 4) is 0 Å². The van der Waals surface area contributed by atoms with Crippen LogP contribution in [0.1, 0.15) is 30.1 Å². The van der Waals surface area contributed by atoms with Crippen molar-refractivity contribution in [3.63, 3.8) is 0 Å². The van der Waals surface area contributed by atoms with E-state index in [9.17, 15) is 9.50 Å². The fourth-order valence-electron chi connectivity index (χ4n) is 3.22. The van der Waals surface area contributed by atoms with Gasteiger partial charge in [-0.3, -0.25) is 0 Å². The standard InChI is InChI=1S/C19H24FNO3/c20-17-5-3-15(4-6-17)16-7-9-21(10-8-16)12-18(22)13-23-14-19-2-1-11-24-19/h1-6,11,16,18,22H,7-10,12-14H2. The highest BCUT2D eigenvalue weighted by molar-refractivity contribution is 5.21. The van der Waals surface area contributed by atoms with Crippen LogP contribution >= 0.6 is 0 Å². The number of halogens is 1. The van der Waals surface area contributed by atoms with Gasteiger partial charge in [0, 0.05) is 6.54 Å². The smallest absolute Gasteiger partial charge is 0.129 e. The largest absolute Gasteiger partial charge is 0.467 e. The molecule has 1 N–H and O–H groups in total. The van der Waals surface area contributed by atoms with Gasteiger partial charge in [-0.25, -0.2) is 4.39 Å². The first-order valence-electron chi connectivity index (χ1n) is 8.46. The molecule has 3 rings (SSSR count). The predicted octanol–water partition coefficient (Wildman–Crippen LogP) is 3.18. The molecule has 1 fully saturated rings. The zero-order chi connectivity index (χ0) is 16.8. The molecule has 2 aromatic rings. The van der Waals surface area contributed by atoms with Crippen molar-refractivity contribution in [2.45, 2.75) is 31.5 Å². The summed E-state index contributed by atoms with van der Waals surface area (Å²) in [5.41, 5.74) is 1.21. The molecule has 1 atom stereocenters. The maximum atomic E-state index is 13.0. The minimum atomic E-state index is -0.498. The second-order valence-corrected chi connectivity index (χ2v) is 6.37. The van der Waals surface area contributed by atoms with Gasteiger partial charge in [-0.1, -0.05) is 12.1 Å². The van der Waals surface area contributed by atoms with Gasteiger partial charge in [-0.2, -0.15) is 0 Å². The van der Waals surface area contributed by atoms with Gasteiger partial charge in [0.2, 0.25) is 0 Å². The van der Waals surface area contributed by atoms with Gasteiger partial charge < -0.3 is 19.2 Å². The first kappa shape index (κ1) is 17.1. The summed E-state index contributed by atoms with van der Waals surface area (Å²) in [6, 6.07) is 10.5. The van der Waals surface area contributed by atoms with Crippen LogP contribution in [0.25, 0.3) is 0 Å². The van der Waals surface area contributed by atoms with Crippen molar-refractivity contribution in [1.82, 2.24) is 4.90 Å². The molecule has 5 heteroatoms. The molecular formula is C19H24FNO3. The maximum Gasteiger partial charge on any atom is 0.129 e. The monoisotopic (exact) mass is 333 g/mol. The van der Waals surface area contributed by atoms with Crippen molar-refractivity contribution in [1.29, 1.82) is 0 Å². The zero-order valence-corrected chi connectivity index (χ0v) is 13.7. The Kier molecular flexibility index (Phi) is 6.01. The lowest BCUT2D eigenvalue weighted by atomic mass is 9.89. The molecule has 1 aromatic carbocycles. The Morgan fingerprint density at radius 2 is 1.96 bits per heavy atom. The molecule has 24 heavy (non-hydrogen) atoms. The summed E-state index contributed by atoms with van der Waals surface area (Å²) in [6.07, 6.45) is 3.18. The van der Waals surface area contributed by atoms with Gasteiger partial charge in [0.25, 0.3) is 0 Å². The number of ether oxygens (including phenoxy) is 1. The molecule has 130 valence electrons. The van der Waals surface area contributed by atoms with Crippen LogP contribution in [0.5, 0.6) is 0 Å². The predicted molar refractivity (Wildman–Crippen MR) is 89.2 cm³/mol. The Labute approximate surface area is 141 Å². The minimum Gasteiger partial charge on any atom is -0.467 e. The van der Waals surface area contributed by atoms with E-state index in [1.165, 1.54) is 17.7 Å². The fraction of sp³-hybridized carbons (Fsp3) is 0.474. The van der Waals surface area contributed by atoms with Gasteiger partial charge in [-0.05, 0) is 61.7 Å². The molecule has 0 bridgehead atoms. The van der Waals surface area contributed by atoms with Crippen molar-refractivity contribution < 1.29 is 18.7 Å². The van der Waals surface area contributed by atoms with Gasteiger partial charge >= 0.3 is 0 Å². The summed E-state index contributed by atoms with van der Waals surface area (Å²) in [6.45, 7) is 3.19. The number of nitrogens with zero attached hydrogens (tertiary/aromatic N) is 1. The minimum absolute atomic E-state index is 0.186. The Morgan fingerprint density at radius 1 is 1.21 bits per heavy atom. The van der Waals surface area contributed by atoms with E-state index in [4.69, 9.17) is 9.15 Å². The second-order valence-electron chi connectivity index (χ2n) is 6.37. The Balaban J connectivity index is 1.36. The molecule has 0 radical (unpaired) electrons. The highest BCUT2D eigenvalue weighted by atomic mass is 19.1. The lowest BCUT2D eigenvalue weighted by Crippen LogP contribution is -2.39. The summed E-state index contributed by atoms with van der Waals surface area (Å²) in [7, 11) is 0. The maximum absolute atomic E-state index is 13.0. The van der Waals surface area contributed by atoms with E-state index in [0.717, 1.165) is 31.7 Å². The van der Waals surface area contributed by atoms with E-state index >= 15 is 0 Å². The third kappa shape index (κ3) is 4.90. The highest BCUT2D eigenvalue weighted by Crippen LogP contribution is 2.28. The molecule has 4 nitrogen and oxygen atoms in total. The van der Waals surface area contributed by atoms with E-state index in [1.54, 1.807) is 6.26 Å². The summed E-state index contributed by atoms with van der Waals surface area (Å²) < 4.78 is 23.7. The van der Waals surface area contributed by atoms with Crippen LogP contribution in [0.15, 0.2) is 47.1 Å². The molecule has 2 heterocycles. The van der Waals surface area contributed by atoms with E-state index < -0.39 is 6.10 Å². The quantitative estimate of drug-likeness (QED) is 0.845. The van der Waals surface area contributed by atoms with E-state index in [1.807, 2.05) is 24.3 Å². The van der Waals surface area contributed by atoms with Crippen LogP contribution in [0.4, 0.5) is 4.39 Å². The number of rotatable bonds is 7. The summed E-state index contributed by atoms with van der Waals surface area (Å²) >= 11 is 0. The first-order chi connectivity index (χ1) is 11.7. The van der Waals surface area contributed by atoms with Gasteiger partial charge in [-0.15, -0.1) is 0 Å². The molecule has 1 aromatic heterocycles. The first-order valence-corrected chi connectivity index (χ1v) is 8.46. The number of likely N-dealkylation sites (tertiary alicyclic amines) is 1. The van der Waals surface area contributed by atoms with Crippen molar-refractivity contribution in [2.75, 3.05) is 26.2 Å². The number of aliphatic hydroxyl groups excluding tert-OH is 1. The van der Waals surface area contributed by atoms with Gasteiger partial charge in [0.05, 0.1) is 19.0 Å². The van der Waals surface area contributed by atoms with Crippen LogP contribution in [0.3, 0.4) is 0 Å². The molecule has 1 aliphatic rings. The van der Waals surface area contributed by atoms with Crippen LogP contribution in [-0.2, 0) is 11.3 Å². The second kappa shape index (κ2) is 8.42. The Morgan fingerprint density at radius 3 is 2.62 bits per heavy atom. The molecular weight excluding hydrogens is 309 g/mol. The Hall–Kier alpha value is -1.69. The van der Waals surface area contributed by atoms with E-state index in [0.29, 0.717) is 25.7 Å². The molecule has 0 aliphatic carbocycles. The average Bonchev–Trinajstić information content (AvgIpc) is 3.10. The Bertz CT molecular complexity index is 592. The number of piperidine rings is 1. The number of β-amino-alcohol motifs (C(OH)–C–C–N with tert-alkyl or cyclic N) is 1. The fourth-order valence-corrected chi connectivity index (χ4v) is 3.22. The molecule has 0 amide bonds. The van der Waals surface area contributed by atoms with E-state index in [-0.39, 0.29) is 5.82 Å². The average molecular weight is 333 g/mol. The van der Waals surface area contributed by atoms with Crippen molar-refractivity contribution in [3.05, 3.63) is 59.8 Å². The molecule has 0 spiro atoms. The summed E-state index contributed by atoms with van der Waals surface area (Å²) in [5.74, 6) is 1.06. The highest BCUT2D eigenvalue weighted by Gasteiger charge is 2.22. The van der Waals surface area contributed by atoms with Gasteiger partial charge in [0.15, 0.2) is 0 Å². The third-order valence-corrected chi connectivity index (χ3v) is 4.53. The molecule has 1 saturated heterocycles. The lowest BCUT2D eigenvalue weighted by Gasteiger charge is -2.33. The molecule has 1 unspecified atom stereocenters. The molecule has 1 aliphatic heterocycles.